The van der Waals surface area contributed by atoms with Gasteiger partial charge < -0.3 is 24.3 Å². The van der Waals surface area contributed by atoms with Crippen molar-refractivity contribution in [1.82, 2.24) is 5.32 Å². The molecule has 2 aromatic carbocycles. The lowest BCUT2D eigenvalue weighted by atomic mass is 10.2. The van der Waals surface area contributed by atoms with E-state index in [4.69, 9.17) is 14.2 Å². The van der Waals surface area contributed by atoms with E-state index in [1.165, 1.54) is 20.3 Å². The molecule has 0 aliphatic rings. The molecule has 7 nitrogen and oxygen atoms in total. The summed E-state index contributed by atoms with van der Waals surface area (Å²) >= 11 is 0. The number of carbonyl (C=O) groups excluding carboxylic acids is 2. The molecule has 0 saturated heterocycles. The van der Waals surface area contributed by atoms with Gasteiger partial charge in [0, 0.05) is 6.08 Å². The molecule has 0 unspecified atom stereocenters. The SMILES string of the molecule is COC(=O)/C=C/c1ccc(OCC(=O)NCCOc2cccc(C)c2)c(OC)c1. The van der Waals surface area contributed by atoms with Crippen LogP contribution < -0.4 is 19.5 Å². The number of methoxy groups -OCH3 is 2. The Morgan fingerprint density at radius 3 is 2.59 bits per heavy atom. The van der Waals surface area contributed by atoms with Crippen LogP contribution in [0.4, 0.5) is 0 Å². The van der Waals surface area contributed by atoms with Crippen LogP contribution in [0, 0.1) is 6.92 Å². The summed E-state index contributed by atoms with van der Waals surface area (Å²) < 4.78 is 20.9. The Hall–Kier alpha value is -3.48. The van der Waals surface area contributed by atoms with Crippen LogP contribution in [0.2, 0.25) is 0 Å². The predicted molar refractivity (Wildman–Crippen MR) is 109 cm³/mol. The lowest BCUT2D eigenvalue weighted by Gasteiger charge is -2.12. The fraction of sp³-hybridized carbons (Fsp3) is 0.273. The molecular formula is C22H25NO6. The predicted octanol–water partition coefficient (Wildman–Crippen LogP) is 2.76. The molecule has 29 heavy (non-hydrogen) atoms. The quantitative estimate of drug-likeness (QED) is 0.376. The van der Waals surface area contributed by atoms with Crippen molar-refractivity contribution in [3.05, 3.63) is 59.7 Å². The molecular weight excluding hydrogens is 374 g/mol. The van der Waals surface area contributed by atoms with Crippen LogP contribution in [0.15, 0.2) is 48.5 Å². The standard InChI is InChI=1S/C22H25NO6/c1-16-5-4-6-18(13-16)28-12-11-23-21(24)15-29-19-9-7-17(14-20(19)26-2)8-10-22(25)27-3/h4-10,13-14H,11-12,15H2,1-3H3,(H,23,24)/b10-8+. The Bertz CT molecular complexity index is 862. The second kappa shape index (κ2) is 11.4. The molecule has 0 aliphatic carbocycles. The molecule has 0 radical (unpaired) electrons. The number of nitrogens with one attached hydrogen (secondary N) is 1. The molecule has 2 aromatic rings. The van der Waals surface area contributed by atoms with Crippen molar-refractivity contribution in [2.24, 2.45) is 0 Å². The minimum atomic E-state index is -0.452. The first-order valence-corrected chi connectivity index (χ1v) is 9.05. The van der Waals surface area contributed by atoms with Crippen LogP contribution >= 0.6 is 0 Å². The van der Waals surface area contributed by atoms with Crippen LogP contribution in [-0.2, 0) is 14.3 Å². The van der Waals surface area contributed by atoms with Crippen LogP contribution in [0.3, 0.4) is 0 Å². The van der Waals surface area contributed by atoms with Crippen molar-refractivity contribution in [2.75, 3.05) is 34.0 Å². The van der Waals surface area contributed by atoms with Gasteiger partial charge in [0.25, 0.3) is 5.91 Å². The molecule has 0 bridgehead atoms. The Labute approximate surface area is 170 Å². The fourth-order valence-corrected chi connectivity index (χ4v) is 2.40. The van der Waals surface area contributed by atoms with Crippen LogP contribution in [-0.4, -0.2) is 45.9 Å². The number of esters is 1. The fourth-order valence-electron chi connectivity index (χ4n) is 2.40. The van der Waals surface area contributed by atoms with Gasteiger partial charge in [0.1, 0.15) is 12.4 Å². The second-order valence-corrected chi connectivity index (χ2v) is 6.07. The van der Waals surface area contributed by atoms with E-state index in [2.05, 4.69) is 10.1 Å². The molecule has 0 aromatic heterocycles. The third-order valence-electron chi connectivity index (χ3n) is 3.84. The summed E-state index contributed by atoms with van der Waals surface area (Å²) in [5.74, 6) is 0.921. The number of hydrogen-bond donors (Lipinski definition) is 1. The molecule has 0 atom stereocenters. The zero-order valence-corrected chi connectivity index (χ0v) is 16.8. The highest BCUT2D eigenvalue weighted by atomic mass is 16.5. The van der Waals surface area contributed by atoms with E-state index in [0.29, 0.717) is 24.7 Å². The van der Waals surface area contributed by atoms with Gasteiger partial charge in [-0.25, -0.2) is 4.79 Å². The number of ether oxygens (including phenoxy) is 4. The second-order valence-electron chi connectivity index (χ2n) is 6.07. The lowest BCUT2D eigenvalue weighted by molar-refractivity contribution is -0.134. The molecule has 2 rings (SSSR count). The molecule has 0 saturated carbocycles. The number of hydrogen-bond acceptors (Lipinski definition) is 6. The maximum Gasteiger partial charge on any atom is 0.330 e. The Balaban J connectivity index is 1.78. The monoisotopic (exact) mass is 399 g/mol. The number of carbonyl (C=O) groups is 2. The molecule has 1 amide bonds. The molecule has 0 spiro atoms. The summed E-state index contributed by atoms with van der Waals surface area (Å²) in [6.45, 7) is 2.56. The van der Waals surface area contributed by atoms with E-state index in [9.17, 15) is 9.59 Å². The summed E-state index contributed by atoms with van der Waals surface area (Å²) in [7, 11) is 2.81. The molecule has 0 heterocycles. The third-order valence-corrected chi connectivity index (χ3v) is 3.84. The Morgan fingerprint density at radius 2 is 1.86 bits per heavy atom. The maximum atomic E-state index is 12.0. The van der Waals surface area contributed by atoms with Crippen molar-refractivity contribution in [3.8, 4) is 17.2 Å². The normalized spacial score (nSPS) is 10.4. The number of amides is 1. The average Bonchev–Trinajstić information content (AvgIpc) is 2.73. The summed E-state index contributed by atoms with van der Waals surface area (Å²) in [6, 6.07) is 12.8. The highest BCUT2D eigenvalue weighted by Crippen LogP contribution is 2.28. The summed E-state index contributed by atoms with van der Waals surface area (Å²) in [5.41, 5.74) is 1.85. The first-order chi connectivity index (χ1) is 14.0. The highest BCUT2D eigenvalue weighted by Gasteiger charge is 2.08. The molecule has 0 fully saturated rings. The smallest absolute Gasteiger partial charge is 0.330 e. The number of benzene rings is 2. The van der Waals surface area contributed by atoms with Crippen molar-refractivity contribution >= 4 is 18.0 Å². The largest absolute Gasteiger partial charge is 0.493 e. The summed E-state index contributed by atoms with van der Waals surface area (Å²) in [6.07, 6.45) is 2.90. The Kier molecular flexibility index (Phi) is 8.56. The van der Waals surface area contributed by atoms with E-state index in [-0.39, 0.29) is 12.5 Å². The molecule has 1 N–H and O–H groups in total. The van der Waals surface area contributed by atoms with Crippen LogP contribution in [0.25, 0.3) is 6.08 Å². The molecule has 0 aliphatic heterocycles. The lowest BCUT2D eigenvalue weighted by Crippen LogP contribution is -2.32. The first kappa shape index (κ1) is 21.8. The molecule has 7 heteroatoms. The summed E-state index contributed by atoms with van der Waals surface area (Å²) in [5, 5.41) is 2.73. The number of rotatable bonds is 10. The van der Waals surface area contributed by atoms with Crippen molar-refractivity contribution < 1.29 is 28.5 Å². The average molecular weight is 399 g/mol. The zero-order chi connectivity index (χ0) is 21.1. The van der Waals surface area contributed by atoms with E-state index in [1.807, 2.05) is 31.2 Å². The van der Waals surface area contributed by atoms with Crippen LogP contribution in [0.1, 0.15) is 11.1 Å². The Morgan fingerprint density at radius 1 is 1.03 bits per heavy atom. The van der Waals surface area contributed by atoms with Gasteiger partial charge in [0.15, 0.2) is 18.1 Å². The van der Waals surface area contributed by atoms with Gasteiger partial charge in [-0.05, 0) is 48.4 Å². The number of aryl methyl sites for hydroxylation is 1. The van der Waals surface area contributed by atoms with Crippen molar-refractivity contribution in [2.45, 2.75) is 6.92 Å². The van der Waals surface area contributed by atoms with Gasteiger partial charge in [-0.15, -0.1) is 0 Å². The first-order valence-electron chi connectivity index (χ1n) is 9.05. The minimum Gasteiger partial charge on any atom is -0.493 e. The highest BCUT2D eigenvalue weighted by molar-refractivity contribution is 5.87. The van der Waals surface area contributed by atoms with Gasteiger partial charge in [-0.2, -0.15) is 0 Å². The summed E-state index contributed by atoms with van der Waals surface area (Å²) in [4.78, 5) is 23.1. The van der Waals surface area contributed by atoms with Gasteiger partial charge in [-0.3, -0.25) is 4.79 Å². The third kappa shape index (κ3) is 7.57. The van der Waals surface area contributed by atoms with E-state index < -0.39 is 5.97 Å². The van der Waals surface area contributed by atoms with Gasteiger partial charge >= 0.3 is 5.97 Å². The van der Waals surface area contributed by atoms with Crippen molar-refractivity contribution in [1.29, 1.82) is 0 Å². The maximum absolute atomic E-state index is 12.0. The van der Waals surface area contributed by atoms with Gasteiger partial charge in [0.05, 0.1) is 20.8 Å². The van der Waals surface area contributed by atoms with Crippen molar-refractivity contribution in [3.63, 3.8) is 0 Å². The molecule has 154 valence electrons. The van der Waals surface area contributed by atoms with Crippen LogP contribution in [0.5, 0.6) is 17.2 Å². The van der Waals surface area contributed by atoms with Gasteiger partial charge in [-0.1, -0.05) is 18.2 Å². The van der Waals surface area contributed by atoms with E-state index >= 15 is 0 Å². The van der Waals surface area contributed by atoms with E-state index in [0.717, 1.165) is 16.9 Å². The topological polar surface area (TPSA) is 83.1 Å². The minimum absolute atomic E-state index is 0.155. The zero-order valence-electron chi connectivity index (χ0n) is 16.8. The van der Waals surface area contributed by atoms with Gasteiger partial charge in [0.2, 0.25) is 0 Å². The van der Waals surface area contributed by atoms with E-state index in [1.54, 1.807) is 24.3 Å².